The van der Waals surface area contributed by atoms with Crippen LogP contribution >= 0.6 is 11.8 Å². The maximum Gasteiger partial charge on any atom is 0.128 e. The summed E-state index contributed by atoms with van der Waals surface area (Å²) < 4.78 is 0. The number of para-hydroxylation sites is 1. The molecule has 130 valence electrons. The summed E-state index contributed by atoms with van der Waals surface area (Å²) in [5.74, 6) is 1.01. The molecule has 1 saturated heterocycles. The van der Waals surface area contributed by atoms with E-state index in [1.54, 1.807) is 0 Å². The van der Waals surface area contributed by atoms with Gasteiger partial charge < -0.3 is 9.80 Å². The lowest BCUT2D eigenvalue weighted by molar-refractivity contribution is 0.647. The van der Waals surface area contributed by atoms with Crippen molar-refractivity contribution in [3.63, 3.8) is 0 Å². The number of benzene rings is 1. The van der Waals surface area contributed by atoms with Crippen molar-refractivity contribution in [2.24, 2.45) is 0 Å². The first kappa shape index (κ1) is 16.7. The van der Waals surface area contributed by atoms with Gasteiger partial charge in [0.15, 0.2) is 0 Å². The van der Waals surface area contributed by atoms with Gasteiger partial charge in [0.05, 0.1) is 11.2 Å². The molecule has 0 atom stereocenters. The molecule has 0 bridgehead atoms. The molecule has 3 heterocycles. The fourth-order valence-corrected chi connectivity index (χ4v) is 3.99. The molecule has 6 heteroatoms. The molecule has 0 N–H and O–H groups in total. The largest absolute Gasteiger partial charge is 0.366 e. The van der Waals surface area contributed by atoms with Crippen LogP contribution in [-0.4, -0.2) is 42.4 Å². The average Bonchev–Trinajstić information content (AvgIpc) is 2.73. The molecule has 0 aliphatic carbocycles. The Balaban J connectivity index is 1.70. The summed E-state index contributed by atoms with van der Waals surface area (Å²) in [6.45, 7) is 3.47. The van der Waals surface area contributed by atoms with Crippen LogP contribution in [0.4, 0.5) is 11.5 Å². The molecule has 3 aromatic rings. The molecule has 2 aromatic heterocycles. The minimum absolute atomic E-state index is 0.683. The van der Waals surface area contributed by atoms with Gasteiger partial charge in [0.2, 0.25) is 0 Å². The number of thioether (sulfide) groups is 1. The Morgan fingerprint density at radius 1 is 1.00 bits per heavy atom. The Labute approximate surface area is 157 Å². The van der Waals surface area contributed by atoms with Crippen molar-refractivity contribution in [2.45, 2.75) is 5.03 Å². The zero-order valence-electron chi connectivity index (χ0n) is 14.6. The smallest absolute Gasteiger partial charge is 0.128 e. The molecule has 1 aromatic carbocycles. The normalized spacial score (nSPS) is 14.5. The zero-order chi connectivity index (χ0) is 17.9. The first-order valence-electron chi connectivity index (χ1n) is 8.59. The van der Waals surface area contributed by atoms with E-state index in [9.17, 15) is 5.26 Å². The van der Waals surface area contributed by atoms with Gasteiger partial charge in [-0.1, -0.05) is 24.3 Å². The second-order valence-corrected chi connectivity index (χ2v) is 6.93. The van der Waals surface area contributed by atoms with Crippen LogP contribution in [0.25, 0.3) is 10.9 Å². The van der Waals surface area contributed by atoms with Gasteiger partial charge in [0.25, 0.3) is 0 Å². The van der Waals surface area contributed by atoms with Gasteiger partial charge in [-0.05, 0) is 24.5 Å². The summed E-state index contributed by atoms with van der Waals surface area (Å²) >= 11 is 1.53. The number of hydrogen-bond acceptors (Lipinski definition) is 6. The van der Waals surface area contributed by atoms with Gasteiger partial charge in [-0.15, -0.1) is 11.8 Å². The standard InChI is InChI=1S/C20H19N5S/c1-26-20-16(14-21)19(15-6-2-3-7-17(15)23-20)25-12-10-24(11-13-25)18-8-4-5-9-22-18/h2-9H,10-13H2,1H3. The zero-order valence-corrected chi connectivity index (χ0v) is 15.4. The summed E-state index contributed by atoms with van der Waals surface area (Å²) in [5, 5.41) is 11.6. The van der Waals surface area contributed by atoms with E-state index >= 15 is 0 Å². The molecule has 0 unspecified atom stereocenters. The van der Waals surface area contributed by atoms with Crippen LogP contribution in [0.3, 0.4) is 0 Å². The first-order chi connectivity index (χ1) is 12.8. The lowest BCUT2D eigenvalue weighted by Gasteiger charge is -2.37. The van der Waals surface area contributed by atoms with Crippen LogP contribution in [0.2, 0.25) is 0 Å². The number of nitriles is 1. The SMILES string of the molecule is CSc1nc2ccccc2c(N2CCN(c3ccccn3)CC2)c1C#N. The summed E-state index contributed by atoms with van der Waals surface area (Å²) in [6, 6.07) is 16.5. The van der Waals surface area contributed by atoms with Crippen LogP contribution in [0.15, 0.2) is 53.7 Å². The number of pyridine rings is 2. The molecule has 0 saturated carbocycles. The predicted molar refractivity (Wildman–Crippen MR) is 107 cm³/mol. The maximum absolute atomic E-state index is 9.80. The quantitative estimate of drug-likeness (QED) is 0.665. The highest BCUT2D eigenvalue weighted by molar-refractivity contribution is 7.98. The van der Waals surface area contributed by atoms with Crippen molar-refractivity contribution in [1.82, 2.24) is 9.97 Å². The van der Waals surface area contributed by atoms with Gasteiger partial charge in [-0.2, -0.15) is 5.26 Å². The van der Waals surface area contributed by atoms with Crippen LogP contribution in [-0.2, 0) is 0 Å². The lowest BCUT2D eigenvalue weighted by atomic mass is 10.1. The topological polar surface area (TPSA) is 56.1 Å². The highest BCUT2D eigenvalue weighted by Crippen LogP contribution is 2.35. The molecule has 0 spiro atoms. The molecule has 0 radical (unpaired) electrons. The Morgan fingerprint density at radius 2 is 1.73 bits per heavy atom. The number of fused-ring (bicyclic) bond motifs is 1. The van der Waals surface area contributed by atoms with E-state index < -0.39 is 0 Å². The Bertz CT molecular complexity index is 959. The fourth-order valence-electron chi connectivity index (χ4n) is 3.45. The van der Waals surface area contributed by atoms with E-state index in [2.05, 4.69) is 31.9 Å². The third-order valence-electron chi connectivity index (χ3n) is 4.71. The molecule has 26 heavy (non-hydrogen) atoms. The third kappa shape index (κ3) is 2.95. The summed E-state index contributed by atoms with van der Waals surface area (Å²) in [4.78, 5) is 13.7. The van der Waals surface area contributed by atoms with E-state index in [0.29, 0.717) is 5.56 Å². The molecular formula is C20H19N5S. The average molecular weight is 361 g/mol. The number of piperazine rings is 1. The molecular weight excluding hydrogens is 342 g/mol. The van der Waals surface area contributed by atoms with Crippen molar-refractivity contribution in [2.75, 3.05) is 42.2 Å². The molecule has 1 fully saturated rings. The van der Waals surface area contributed by atoms with E-state index in [1.165, 1.54) is 11.8 Å². The number of nitrogens with zero attached hydrogens (tertiary/aromatic N) is 5. The van der Waals surface area contributed by atoms with Gasteiger partial charge in [-0.25, -0.2) is 9.97 Å². The highest BCUT2D eigenvalue weighted by atomic mass is 32.2. The van der Waals surface area contributed by atoms with Crippen LogP contribution in [0.1, 0.15) is 5.56 Å². The predicted octanol–water partition coefficient (Wildman–Crippen LogP) is 3.55. The van der Waals surface area contributed by atoms with E-state index in [0.717, 1.165) is 53.6 Å². The van der Waals surface area contributed by atoms with Gasteiger partial charge >= 0.3 is 0 Å². The molecule has 4 rings (SSSR count). The minimum Gasteiger partial charge on any atom is -0.366 e. The summed E-state index contributed by atoms with van der Waals surface area (Å²) in [7, 11) is 0. The highest BCUT2D eigenvalue weighted by Gasteiger charge is 2.24. The molecule has 0 amide bonds. The van der Waals surface area contributed by atoms with Gasteiger partial charge in [-0.3, -0.25) is 0 Å². The molecule has 1 aliphatic heterocycles. The molecule has 5 nitrogen and oxygen atoms in total. The van der Waals surface area contributed by atoms with Crippen molar-refractivity contribution in [3.05, 3.63) is 54.2 Å². The lowest BCUT2D eigenvalue weighted by Crippen LogP contribution is -2.47. The fraction of sp³-hybridized carbons (Fsp3) is 0.250. The van der Waals surface area contributed by atoms with Crippen molar-refractivity contribution >= 4 is 34.2 Å². The van der Waals surface area contributed by atoms with Crippen molar-refractivity contribution in [3.8, 4) is 6.07 Å². The van der Waals surface area contributed by atoms with E-state index in [4.69, 9.17) is 0 Å². The van der Waals surface area contributed by atoms with Crippen LogP contribution in [0.5, 0.6) is 0 Å². The summed E-state index contributed by atoms with van der Waals surface area (Å²) in [6.07, 6.45) is 3.80. The van der Waals surface area contributed by atoms with E-state index in [1.807, 2.05) is 48.9 Å². The number of anilines is 2. The monoisotopic (exact) mass is 361 g/mol. The Hall–Kier alpha value is -2.78. The van der Waals surface area contributed by atoms with E-state index in [-0.39, 0.29) is 0 Å². The first-order valence-corrected chi connectivity index (χ1v) is 9.82. The van der Waals surface area contributed by atoms with Crippen LogP contribution < -0.4 is 9.80 Å². The number of rotatable bonds is 3. The maximum atomic E-state index is 9.80. The van der Waals surface area contributed by atoms with Crippen molar-refractivity contribution in [1.29, 1.82) is 5.26 Å². The second-order valence-electron chi connectivity index (χ2n) is 6.14. The summed E-state index contributed by atoms with van der Waals surface area (Å²) in [5.41, 5.74) is 2.64. The third-order valence-corrected chi connectivity index (χ3v) is 5.39. The van der Waals surface area contributed by atoms with Crippen LogP contribution in [0, 0.1) is 11.3 Å². The van der Waals surface area contributed by atoms with Gasteiger partial charge in [0.1, 0.15) is 22.5 Å². The number of aromatic nitrogens is 2. The molecule has 1 aliphatic rings. The number of hydrogen-bond donors (Lipinski definition) is 0. The Kier molecular flexibility index (Phi) is 4.63. The van der Waals surface area contributed by atoms with Gasteiger partial charge in [0, 0.05) is 37.8 Å². The minimum atomic E-state index is 0.683. The second kappa shape index (κ2) is 7.22. The van der Waals surface area contributed by atoms with Crippen molar-refractivity contribution < 1.29 is 0 Å². The Morgan fingerprint density at radius 3 is 2.42 bits per heavy atom.